The van der Waals surface area contributed by atoms with Crippen molar-refractivity contribution in [2.45, 2.75) is 5.60 Å². The summed E-state index contributed by atoms with van der Waals surface area (Å²) >= 11 is 0. The maximum atomic E-state index is 11.8. The largest absolute Gasteiger partial charge is 0.466 e. The smallest absolute Gasteiger partial charge is 0.423 e. The second-order valence-electron chi connectivity index (χ2n) is 3.51. The monoisotopic (exact) mass is 264 g/mol. The van der Waals surface area contributed by atoms with E-state index in [4.69, 9.17) is 5.53 Å². The summed E-state index contributed by atoms with van der Waals surface area (Å²) in [4.78, 5) is 26.0. The first-order valence-electron chi connectivity index (χ1n) is 5.19. The summed E-state index contributed by atoms with van der Waals surface area (Å²) in [6, 6.07) is 7.48. The first-order chi connectivity index (χ1) is 9.02. The van der Waals surface area contributed by atoms with Crippen LogP contribution in [-0.4, -0.2) is 41.8 Å². The summed E-state index contributed by atoms with van der Waals surface area (Å²) in [5.41, 5.74) is 5.48. The van der Waals surface area contributed by atoms with Crippen molar-refractivity contribution in [2.24, 2.45) is 0 Å². The number of hydrogen-bond donors (Lipinski definition) is 1. The Morgan fingerprint density at radius 3 is 2.21 bits per heavy atom. The van der Waals surface area contributed by atoms with Crippen LogP contribution in [0.25, 0.3) is 5.53 Å². The van der Waals surface area contributed by atoms with Crippen LogP contribution in [0.5, 0.6) is 0 Å². The number of hydrogen-bond acceptors (Lipinski definition) is 5. The van der Waals surface area contributed by atoms with E-state index < -0.39 is 23.3 Å². The van der Waals surface area contributed by atoms with Gasteiger partial charge in [0.25, 0.3) is 5.60 Å². The predicted molar refractivity (Wildman–Crippen MR) is 63.0 cm³/mol. The summed E-state index contributed by atoms with van der Waals surface area (Å²) in [5.74, 6) is -2.32. The van der Waals surface area contributed by atoms with Gasteiger partial charge in [-0.3, -0.25) is 0 Å². The van der Waals surface area contributed by atoms with Crippen LogP contribution in [0.15, 0.2) is 30.3 Å². The molecule has 1 N–H and O–H groups in total. The number of ether oxygens (including phenoxy) is 2. The number of methoxy groups -OCH3 is 2. The number of carbonyl (C=O) groups excluding carboxylic acids is 2. The van der Waals surface area contributed by atoms with Gasteiger partial charge < -0.3 is 20.1 Å². The molecular weight excluding hydrogens is 252 g/mol. The third kappa shape index (κ3) is 2.52. The molecule has 19 heavy (non-hydrogen) atoms. The van der Waals surface area contributed by atoms with E-state index in [1.165, 1.54) is 24.3 Å². The van der Waals surface area contributed by atoms with Gasteiger partial charge >= 0.3 is 17.7 Å². The summed E-state index contributed by atoms with van der Waals surface area (Å²) < 4.78 is 8.83. The fourth-order valence-corrected chi connectivity index (χ4v) is 1.54. The molecule has 1 rings (SSSR count). The second-order valence-corrected chi connectivity index (χ2v) is 3.51. The van der Waals surface area contributed by atoms with Gasteiger partial charge in [-0.25, -0.2) is 9.59 Å². The highest BCUT2D eigenvalue weighted by molar-refractivity contribution is 6.41. The van der Waals surface area contributed by atoms with Gasteiger partial charge in [0, 0.05) is 5.56 Å². The highest BCUT2D eigenvalue weighted by atomic mass is 16.5. The standard InChI is InChI=1S/C12H12N2O5/c1-18-10(15)9(14-13)12(17,11(16)19-2)8-6-4-3-5-7-8/h3-7,17H,1-2H3/t12-/m1/s1. The lowest BCUT2D eigenvalue weighted by Gasteiger charge is -2.19. The Morgan fingerprint density at radius 1 is 1.21 bits per heavy atom. The zero-order valence-electron chi connectivity index (χ0n) is 10.4. The highest BCUT2D eigenvalue weighted by Gasteiger charge is 2.55. The van der Waals surface area contributed by atoms with E-state index in [2.05, 4.69) is 14.3 Å². The number of esters is 2. The molecule has 0 aromatic heterocycles. The molecule has 0 bridgehead atoms. The average molecular weight is 264 g/mol. The molecule has 1 aromatic rings. The lowest BCUT2D eigenvalue weighted by Crippen LogP contribution is -2.49. The zero-order chi connectivity index (χ0) is 14.5. The predicted octanol–water partition coefficient (Wildman–Crippen LogP) is -0.109. The Hall–Kier alpha value is -2.50. The highest BCUT2D eigenvalue weighted by Crippen LogP contribution is 2.24. The molecule has 0 aliphatic rings. The molecule has 0 saturated heterocycles. The molecule has 0 radical (unpaired) electrons. The lowest BCUT2D eigenvalue weighted by molar-refractivity contribution is -0.163. The summed E-state index contributed by atoms with van der Waals surface area (Å²) in [6.45, 7) is 0. The van der Waals surface area contributed by atoms with E-state index in [9.17, 15) is 14.7 Å². The zero-order valence-corrected chi connectivity index (χ0v) is 10.4. The van der Waals surface area contributed by atoms with Crippen LogP contribution in [0.1, 0.15) is 5.56 Å². The van der Waals surface area contributed by atoms with Crippen LogP contribution in [0, 0.1) is 0 Å². The van der Waals surface area contributed by atoms with Crippen LogP contribution in [0.3, 0.4) is 0 Å². The van der Waals surface area contributed by atoms with Crippen molar-refractivity contribution < 1.29 is 29.0 Å². The van der Waals surface area contributed by atoms with Crippen molar-refractivity contribution in [3.8, 4) is 0 Å². The molecule has 0 spiro atoms. The summed E-state index contributed by atoms with van der Waals surface area (Å²) in [6.07, 6.45) is 0. The van der Waals surface area contributed by atoms with Gasteiger partial charge in [0.1, 0.15) is 0 Å². The van der Waals surface area contributed by atoms with E-state index in [0.29, 0.717) is 0 Å². The molecule has 7 heteroatoms. The molecule has 0 aliphatic heterocycles. The van der Waals surface area contributed by atoms with Gasteiger partial charge in [-0.15, -0.1) is 0 Å². The number of carbonyl (C=O) groups is 2. The van der Waals surface area contributed by atoms with Crippen molar-refractivity contribution in [1.29, 1.82) is 0 Å². The van der Waals surface area contributed by atoms with Gasteiger partial charge in [0.05, 0.1) is 14.2 Å². The van der Waals surface area contributed by atoms with Crippen molar-refractivity contribution in [3.05, 3.63) is 41.4 Å². The Labute approximate surface area is 109 Å². The van der Waals surface area contributed by atoms with E-state index in [-0.39, 0.29) is 5.56 Å². The van der Waals surface area contributed by atoms with Crippen LogP contribution in [0.2, 0.25) is 0 Å². The summed E-state index contributed by atoms with van der Waals surface area (Å²) in [5, 5.41) is 10.4. The van der Waals surface area contributed by atoms with E-state index in [0.717, 1.165) is 14.2 Å². The molecular formula is C12H12N2O5. The van der Waals surface area contributed by atoms with Gasteiger partial charge in [-0.2, -0.15) is 4.79 Å². The quantitative estimate of drug-likeness (QED) is 0.353. The van der Waals surface area contributed by atoms with Crippen molar-refractivity contribution in [2.75, 3.05) is 14.2 Å². The molecule has 7 nitrogen and oxygen atoms in total. The molecule has 0 aliphatic carbocycles. The van der Waals surface area contributed by atoms with Crippen LogP contribution in [0.4, 0.5) is 0 Å². The van der Waals surface area contributed by atoms with Gasteiger partial charge in [-0.05, 0) is 0 Å². The number of rotatable bonds is 4. The fraction of sp³-hybridized carbons (Fsp3) is 0.250. The number of aliphatic hydroxyl groups is 1. The average Bonchev–Trinajstić information content (AvgIpc) is 2.47. The van der Waals surface area contributed by atoms with Crippen LogP contribution < -0.4 is 0 Å². The Morgan fingerprint density at radius 2 is 1.79 bits per heavy atom. The first kappa shape index (κ1) is 14.6. The van der Waals surface area contributed by atoms with E-state index in [1.54, 1.807) is 6.07 Å². The molecule has 1 atom stereocenters. The van der Waals surface area contributed by atoms with Crippen LogP contribution in [-0.2, 0) is 24.7 Å². The second kappa shape index (κ2) is 5.90. The van der Waals surface area contributed by atoms with Crippen LogP contribution >= 0.6 is 0 Å². The molecule has 1 aromatic carbocycles. The maximum Gasteiger partial charge on any atom is 0.423 e. The minimum absolute atomic E-state index is 0.0139. The first-order valence-corrected chi connectivity index (χ1v) is 5.19. The Balaban J connectivity index is 3.49. The van der Waals surface area contributed by atoms with Gasteiger partial charge in [0.15, 0.2) is 0 Å². The third-order valence-corrected chi connectivity index (χ3v) is 2.49. The molecule has 100 valence electrons. The van der Waals surface area contributed by atoms with Gasteiger partial charge in [0.2, 0.25) is 0 Å². The molecule has 0 amide bonds. The minimum atomic E-state index is -2.54. The molecule has 0 saturated carbocycles. The van der Waals surface area contributed by atoms with Crippen molar-refractivity contribution in [3.63, 3.8) is 0 Å². The molecule has 0 heterocycles. The lowest BCUT2D eigenvalue weighted by atomic mass is 9.88. The van der Waals surface area contributed by atoms with Crippen molar-refractivity contribution >= 4 is 17.7 Å². The fourth-order valence-electron chi connectivity index (χ4n) is 1.54. The van der Waals surface area contributed by atoms with Crippen molar-refractivity contribution in [1.82, 2.24) is 0 Å². The third-order valence-electron chi connectivity index (χ3n) is 2.49. The minimum Gasteiger partial charge on any atom is -0.466 e. The molecule has 0 fully saturated rings. The maximum absolute atomic E-state index is 11.8. The van der Waals surface area contributed by atoms with E-state index >= 15 is 0 Å². The number of benzene rings is 1. The van der Waals surface area contributed by atoms with E-state index in [1.807, 2.05) is 0 Å². The topological polar surface area (TPSA) is 109 Å². The van der Waals surface area contributed by atoms with Gasteiger partial charge in [-0.1, -0.05) is 30.3 Å². The number of nitrogens with zero attached hydrogens (tertiary/aromatic N) is 2. The normalized spacial score (nSPS) is 12.8. The summed E-state index contributed by atoms with van der Waals surface area (Å²) in [7, 11) is 2.05. The Bertz CT molecular complexity index is 536. The molecule has 0 unspecified atom stereocenters. The SMILES string of the molecule is COC(=O)C(=[N+]=[N-])[C@@](O)(C(=O)OC)c1ccccc1. The Kier molecular flexibility index (Phi) is 4.52.